The molecule has 7 heteroatoms. The molecule has 1 amide bonds. The monoisotopic (exact) mass is 330 g/mol. The van der Waals surface area contributed by atoms with Gasteiger partial charge >= 0.3 is 0 Å². The molecule has 0 spiro atoms. The van der Waals surface area contributed by atoms with E-state index in [0.29, 0.717) is 36.5 Å². The molecule has 3 rings (SSSR count). The summed E-state index contributed by atoms with van der Waals surface area (Å²) in [6, 6.07) is 6.81. The summed E-state index contributed by atoms with van der Waals surface area (Å²) in [4.78, 5) is 22.2. The Bertz CT molecular complexity index is 753. The van der Waals surface area contributed by atoms with Crippen LogP contribution >= 0.6 is 0 Å². The molecule has 0 saturated carbocycles. The van der Waals surface area contributed by atoms with Gasteiger partial charge in [0.2, 0.25) is 5.91 Å². The summed E-state index contributed by atoms with van der Waals surface area (Å²) in [5.41, 5.74) is 1.05. The molecular formula is C17H19FN4O2. The van der Waals surface area contributed by atoms with Crippen molar-refractivity contribution in [1.82, 2.24) is 9.97 Å². The Hall–Kier alpha value is -2.70. The van der Waals surface area contributed by atoms with Crippen molar-refractivity contribution in [3.05, 3.63) is 42.1 Å². The quantitative estimate of drug-likeness (QED) is 0.912. The fourth-order valence-electron chi connectivity index (χ4n) is 2.82. The Morgan fingerprint density at radius 3 is 2.92 bits per heavy atom. The molecule has 2 aromatic rings. The lowest BCUT2D eigenvalue weighted by Crippen LogP contribution is -2.34. The molecule has 1 saturated heterocycles. The number of carbonyl (C=O) groups excluding carboxylic acids is 1. The van der Waals surface area contributed by atoms with Gasteiger partial charge in [-0.15, -0.1) is 0 Å². The zero-order chi connectivity index (χ0) is 17.1. The fraction of sp³-hybridized carbons (Fsp3) is 0.353. The number of carbonyl (C=O) groups is 1. The number of aryl methyl sites for hydroxylation is 1. The van der Waals surface area contributed by atoms with Crippen LogP contribution in [0, 0.1) is 5.82 Å². The molecule has 1 aromatic carbocycles. The van der Waals surface area contributed by atoms with E-state index in [4.69, 9.17) is 4.74 Å². The number of rotatable bonds is 5. The second kappa shape index (κ2) is 6.82. The minimum Gasteiger partial charge on any atom is -0.495 e. The molecule has 1 unspecified atom stereocenters. The van der Waals surface area contributed by atoms with Gasteiger partial charge in [-0.3, -0.25) is 4.79 Å². The van der Waals surface area contributed by atoms with Gasteiger partial charge in [-0.1, -0.05) is 19.1 Å². The van der Waals surface area contributed by atoms with Crippen molar-refractivity contribution in [3.63, 3.8) is 0 Å². The molecule has 1 fully saturated rings. The Kier molecular flexibility index (Phi) is 4.59. The lowest BCUT2D eigenvalue weighted by Gasteiger charge is -2.20. The molecule has 2 heterocycles. The third-order valence-corrected chi connectivity index (χ3v) is 4.09. The first-order chi connectivity index (χ1) is 11.7. The number of aromatic nitrogens is 2. The van der Waals surface area contributed by atoms with E-state index in [-0.39, 0.29) is 11.7 Å². The molecule has 24 heavy (non-hydrogen) atoms. The molecule has 6 nitrogen and oxygen atoms in total. The summed E-state index contributed by atoms with van der Waals surface area (Å²) in [6.45, 7) is 2.35. The molecule has 1 N–H and O–H groups in total. The predicted molar refractivity (Wildman–Crippen MR) is 88.7 cm³/mol. The normalized spacial score (nSPS) is 17.2. The zero-order valence-corrected chi connectivity index (χ0v) is 13.6. The van der Waals surface area contributed by atoms with Gasteiger partial charge in [0.15, 0.2) is 11.6 Å². The summed E-state index contributed by atoms with van der Waals surface area (Å²) in [5, 5.41) is 2.91. The van der Waals surface area contributed by atoms with Crippen LogP contribution in [0.3, 0.4) is 0 Å². The molecule has 0 bridgehead atoms. The van der Waals surface area contributed by atoms with E-state index < -0.39 is 11.9 Å². The van der Waals surface area contributed by atoms with Crippen molar-refractivity contribution >= 4 is 17.4 Å². The number of amides is 1. The summed E-state index contributed by atoms with van der Waals surface area (Å²) in [6.07, 6.45) is 2.33. The van der Waals surface area contributed by atoms with Gasteiger partial charge in [0.25, 0.3) is 0 Å². The SMILES string of the molecule is CCc1ncnc(NC2CCN(c3ccccc3OC)C2=O)c1F. The first kappa shape index (κ1) is 16.2. The van der Waals surface area contributed by atoms with Crippen LogP contribution in [0.1, 0.15) is 19.0 Å². The third-order valence-electron chi connectivity index (χ3n) is 4.09. The van der Waals surface area contributed by atoms with Crippen molar-refractivity contribution in [2.45, 2.75) is 25.8 Å². The van der Waals surface area contributed by atoms with Gasteiger partial charge in [0, 0.05) is 6.54 Å². The highest BCUT2D eigenvalue weighted by Gasteiger charge is 2.34. The topological polar surface area (TPSA) is 67.3 Å². The van der Waals surface area contributed by atoms with Crippen LogP contribution in [0.25, 0.3) is 0 Å². The highest BCUT2D eigenvalue weighted by Crippen LogP contribution is 2.31. The first-order valence-corrected chi connectivity index (χ1v) is 7.86. The number of nitrogens with one attached hydrogen (secondary N) is 1. The standard InChI is InChI=1S/C17H19FN4O2/c1-3-11-15(18)16(20-10-19-11)21-12-8-9-22(17(12)23)13-6-4-5-7-14(13)24-2/h4-7,10,12H,3,8-9H2,1-2H3,(H,19,20,21). The van der Waals surface area contributed by atoms with E-state index in [1.807, 2.05) is 25.1 Å². The molecule has 126 valence electrons. The van der Waals surface area contributed by atoms with Crippen LogP contribution in [0.5, 0.6) is 5.75 Å². The van der Waals surface area contributed by atoms with Crippen molar-refractivity contribution in [1.29, 1.82) is 0 Å². The number of benzene rings is 1. The highest BCUT2D eigenvalue weighted by molar-refractivity contribution is 6.02. The maximum absolute atomic E-state index is 14.3. The van der Waals surface area contributed by atoms with E-state index in [0.717, 1.165) is 0 Å². The summed E-state index contributed by atoms with van der Waals surface area (Å²) >= 11 is 0. The Balaban J connectivity index is 1.80. The number of hydrogen-bond donors (Lipinski definition) is 1. The van der Waals surface area contributed by atoms with Gasteiger partial charge < -0.3 is 15.0 Å². The second-order valence-corrected chi connectivity index (χ2v) is 5.48. The lowest BCUT2D eigenvalue weighted by molar-refractivity contribution is -0.117. The minimum absolute atomic E-state index is 0.0714. The third kappa shape index (κ3) is 2.89. The first-order valence-electron chi connectivity index (χ1n) is 7.86. The number of methoxy groups -OCH3 is 1. The number of nitrogens with zero attached hydrogens (tertiary/aromatic N) is 3. The Labute approximate surface area is 139 Å². The number of para-hydroxylation sites is 2. The van der Waals surface area contributed by atoms with Crippen molar-refractivity contribution in [3.8, 4) is 5.75 Å². The molecule has 1 aromatic heterocycles. The van der Waals surface area contributed by atoms with E-state index in [2.05, 4.69) is 15.3 Å². The van der Waals surface area contributed by atoms with E-state index in [1.165, 1.54) is 6.33 Å². The molecular weight excluding hydrogens is 311 g/mol. The maximum atomic E-state index is 14.3. The van der Waals surface area contributed by atoms with E-state index >= 15 is 0 Å². The van der Waals surface area contributed by atoms with Gasteiger partial charge in [-0.2, -0.15) is 0 Å². The molecule has 0 radical (unpaired) electrons. The maximum Gasteiger partial charge on any atom is 0.249 e. The largest absolute Gasteiger partial charge is 0.495 e. The summed E-state index contributed by atoms with van der Waals surface area (Å²) in [7, 11) is 1.57. The van der Waals surface area contributed by atoms with Crippen LogP contribution in [-0.2, 0) is 11.2 Å². The lowest BCUT2D eigenvalue weighted by atomic mass is 10.2. The number of hydrogen-bond acceptors (Lipinski definition) is 5. The van der Waals surface area contributed by atoms with Crippen molar-refractivity contribution < 1.29 is 13.9 Å². The van der Waals surface area contributed by atoms with Gasteiger partial charge in [-0.25, -0.2) is 14.4 Å². The van der Waals surface area contributed by atoms with E-state index in [9.17, 15) is 9.18 Å². The van der Waals surface area contributed by atoms with Crippen LogP contribution in [-0.4, -0.2) is 35.6 Å². The van der Waals surface area contributed by atoms with Crippen LogP contribution in [0.4, 0.5) is 15.9 Å². The average molecular weight is 330 g/mol. The molecule has 1 aliphatic rings. The van der Waals surface area contributed by atoms with E-state index in [1.54, 1.807) is 18.1 Å². The van der Waals surface area contributed by atoms with Gasteiger partial charge in [-0.05, 0) is 25.0 Å². The summed E-state index contributed by atoms with van der Waals surface area (Å²) in [5.74, 6) is 0.0779. The number of anilines is 2. The van der Waals surface area contributed by atoms with Crippen LogP contribution < -0.4 is 15.0 Å². The summed E-state index contributed by atoms with van der Waals surface area (Å²) < 4.78 is 19.6. The number of ether oxygens (including phenoxy) is 1. The van der Waals surface area contributed by atoms with Gasteiger partial charge in [0.05, 0.1) is 18.5 Å². The van der Waals surface area contributed by atoms with Crippen molar-refractivity contribution in [2.24, 2.45) is 0 Å². The van der Waals surface area contributed by atoms with Crippen LogP contribution in [0.2, 0.25) is 0 Å². The van der Waals surface area contributed by atoms with Crippen molar-refractivity contribution in [2.75, 3.05) is 23.9 Å². The average Bonchev–Trinajstić information content (AvgIpc) is 2.97. The molecule has 1 atom stereocenters. The van der Waals surface area contributed by atoms with Gasteiger partial charge in [0.1, 0.15) is 18.1 Å². The molecule has 1 aliphatic heterocycles. The molecule has 0 aliphatic carbocycles. The smallest absolute Gasteiger partial charge is 0.249 e. The predicted octanol–water partition coefficient (Wildman–Crippen LogP) is 2.40. The second-order valence-electron chi connectivity index (χ2n) is 5.48. The Morgan fingerprint density at radius 1 is 1.38 bits per heavy atom. The minimum atomic E-state index is -0.524. The van der Waals surface area contributed by atoms with Crippen LogP contribution in [0.15, 0.2) is 30.6 Å². The fourth-order valence-corrected chi connectivity index (χ4v) is 2.82. The Morgan fingerprint density at radius 2 is 2.17 bits per heavy atom. The zero-order valence-electron chi connectivity index (χ0n) is 13.6. The highest BCUT2D eigenvalue weighted by atomic mass is 19.1. The number of halogens is 1.